The molecule has 0 fully saturated rings. The molecule has 0 bridgehead atoms. The summed E-state index contributed by atoms with van der Waals surface area (Å²) < 4.78 is 1.06. The molecule has 0 spiro atoms. The summed E-state index contributed by atoms with van der Waals surface area (Å²) in [6, 6.07) is 34.0. The van der Waals surface area contributed by atoms with Crippen LogP contribution in [0.2, 0.25) is 0 Å². The minimum atomic E-state index is 0.650. The number of nitrogens with zero attached hydrogens (tertiary/aromatic N) is 2. The third-order valence-electron chi connectivity index (χ3n) is 5.35. The molecule has 0 aliphatic carbocycles. The highest BCUT2D eigenvalue weighted by Gasteiger charge is 1.98. The Kier molecular flexibility index (Phi) is 7.87. The number of benzene rings is 4. The van der Waals surface area contributed by atoms with Crippen LogP contribution in [0, 0.1) is 22.7 Å². The van der Waals surface area contributed by atoms with Crippen LogP contribution in [0.5, 0.6) is 0 Å². The second-order valence-electron chi connectivity index (χ2n) is 7.95. The molecular weight excluding hydrogens is 492 g/mol. The van der Waals surface area contributed by atoms with Crippen LogP contribution in [0.4, 0.5) is 0 Å². The predicted octanol–water partition coefficient (Wildman–Crippen LogP) is 8.70. The van der Waals surface area contributed by atoms with Gasteiger partial charge < -0.3 is 0 Å². The van der Waals surface area contributed by atoms with Crippen molar-refractivity contribution in [3.63, 3.8) is 0 Å². The smallest absolute Gasteiger partial charge is 0.0991 e. The fourth-order valence-corrected chi connectivity index (χ4v) is 3.74. The lowest BCUT2D eigenvalue weighted by molar-refractivity contribution is 1.48. The molecule has 3 heteroatoms. The van der Waals surface area contributed by atoms with Gasteiger partial charge in [0.2, 0.25) is 0 Å². The van der Waals surface area contributed by atoms with Crippen molar-refractivity contribution >= 4 is 52.4 Å². The van der Waals surface area contributed by atoms with Crippen LogP contribution in [0.1, 0.15) is 44.5 Å². The molecule has 2 nitrogen and oxygen atoms in total. The van der Waals surface area contributed by atoms with Crippen LogP contribution < -0.4 is 0 Å². The molecule has 0 heterocycles. The normalized spacial score (nSPS) is 11.2. The van der Waals surface area contributed by atoms with E-state index < -0.39 is 0 Å². The maximum absolute atomic E-state index is 9.01. The molecule has 0 amide bonds. The van der Waals surface area contributed by atoms with Crippen LogP contribution in [0.3, 0.4) is 0 Å². The Balaban J connectivity index is 1.64. The Morgan fingerprint density at radius 2 is 0.714 bits per heavy atom. The summed E-state index contributed by atoms with van der Waals surface area (Å²) in [6.07, 6.45) is 12.5. The quantitative estimate of drug-likeness (QED) is 0.242. The van der Waals surface area contributed by atoms with Gasteiger partial charge in [0.1, 0.15) is 0 Å². The molecule has 35 heavy (non-hydrogen) atoms. The lowest BCUT2D eigenvalue weighted by atomic mass is 10.0. The van der Waals surface area contributed by atoms with Crippen LogP contribution >= 0.6 is 15.9 Å². The predicted molar refractivity (Wildman–Crippen MR) is 150 cm³/mol. The summed E-state index contributed by atoms with van der Waals surface area (Å²) in [6.45, 7) is 0. The molecule has 0 aliphatic heterocycles. The van der Waals surface area contributed by atoms with Crippen molar-refractivity contribution in [2.45, 2.75) is 0 Å². The van der Waals surface area contributed by atoms with Gasteiger partial charge in [0.05, 0.1) is 23.3 Å². The van der Waals surface area contributed by atoms with Gasteiger partial charge in [-0.3, -0.25) is 0 Å². The van der Waals surface area contributed by atoms with Gasteiger partial charge in [0, 0.05) is 4.47 Å². The monoisotopic (exact) mass is 512 g/mol. The largest absolute Gasteiger partial charge is 0.192 e. The van der Waals surface area contributed by atoms with Gasteiger partial charge in [-0.15, -0.1) is 0 Å². The first-order valence-corrected chi connectivity index (χ1v) is 11.9. The Morgan fingerprint density at radius 3 is 1.03 bits per heavy atom. The number of nitriles is 2. The summed E-state index contributed by atoms with van der Waals surface area (Å²) in [7, 11) is 0. The lowest BCUT2D eigenvalue weighted by Crippen LogP contribution is -1.82. The third-order valence-corrected chi connectivity index (χ3v) is 5.88. The summed E-state index contributed by atoms with van der Waals surface area (Å²) in [5.41, 5.74) is 7.74. The maximum Gasteiger partial charge on any atom is 0.0991 e. The van der Waals surface area contributed by atoms with Gasteiger partial charge >= 0.3 is 0 Å². The fraction of sp³-hybridized carbons (Fsp3) is 0. The van der Waals surface area contributed by atoms with E-state index in [9.17, 15) is 0 Å². The molecule has 4 aromatic rings. The molecule has 166 valence electrons. The van der Waals surface area contributed by atoms with Gasteiger partial charge in [-0.2, -0.15) is 10.5 Å². The van der Waals surface area contributed by atoms with Crippen molar-refractivity contribution in [2.24, 2.45) is 0 Å². The van der Waals surface area contributed by atoms with E-state index in [0.29, 0.717) is 11.1 Å². The van der Waals surface area contributed by atoms with Crippen molar-refractivity contribution in [1.29, 1.82) is 10.5 Å². The molecule has 0 unspecified atom stereocenters. The van der Waals surface area contributed by atoms with E-state index in [1.807, 2.05) is 72.8 Å². The van der Waals surface area contributed by atoms with Crippen molar-refractivity contribution in [2.75, 3.05) is 0 Å². The SMILES string of the molecule is N#Cc1ccc(/C=C/c2cc(/C=C/c3ccc(Br)cc3)cc(/C=C/c3ccc(C#N)cc3)c2)cc1. The first-order chi connectivity index (χ1) is 17.1. The highest BCUT2D eigenvalue weighted by molar-refractivity contribution is 9.10. The van der Waals surface area contributed by atoms with Gasteiger partial charge in [-0.1, -0.05) is 88.8 Å². The maximum atomic E-state index is 9.01. The number of rotatable bonds is 6. The van der Waals surface area contributed by atoms with E-state index in [1.54, 1.807) is 0 Å². The topological polar surface area (TPSA) is 47.6 Å². The average molecular weight is 513 g/mol. The number of halogens is 1. The third kappa shape index (κ3) is 7.02. The Hall–Kier alpha value is -4.44. The van der Waals surface area contributed by atoms with E-state index in [1.165, 1.54) is 0 Å². The van der Waals surface area contributed by atoms with Crippen LogP contribution in [-0.4, -0.2) is 0 Å². The highest BCUT2D eigenvalue weighted by Crippen LogP contribution is 2.20. The summed E-state index contributed by atoms with van der Waals surface area (Å²) in [5, 5.41) is 18.0. The molecule has 4 aromatic carbocycles. The second-order valence-corrected chi connectivity index (χ2v) is 8.87. The molecule has 0 N–H and O–H groups in total. The minimum Gasteiger partial charge on any atom is -0.192 e. The second kappa shape index (κ2) is 11.6. The molecule has 4 rings (SSSR count). The van der Waals surface area contributed by atoms with E-state index >= 15 is 0 Å². The zero-order chi connectivity index (χ0) is 24.5. The molecule has 0 aromatic heterocycles. The van der Waals surface area contributed by atoms with E-state index in [4.69, 9.17) is 10.5 Å². The molecular formula is C32H21BrN2. The van der Waals surface area contributed by atoms with Crippen molar-refractivity contribution < 1.29 is 0 Å². The molecule has 0 radical (unpaired) electrons. The van der Waals surface area contributed by atoms with Gasteiger partial charge in [0.15, 0.2) is 0 Å². The Morgan fingerprint density at radius 1 is 0.429 bits per heavy atom. The van der Waals surface area contributed by atoms with Crippen LogP contribution in [-0.2, 0) is 0 Å². The number of hydrogen-bond donors (Lipinski definition) is 0. The minimum absolute atomic E-state index is 0.650. The lowest BCUT2D eigenvalue weighted by Gasteiger charge is -2.03. The first-order valence-electron chi connectivity index (χ1n) is 11.1. The van der Waals surface area contributed by atoms with E-state index in [2.05, 4.69) is 82.7 Å². The first kappa shape index (κ1) is 23.7. The summed E-state index contributed by atoms with van der Waals surface area (Å²) in [5.74, 6) is 0. The van der Waals surface area contributed by atoms with Crippen LogP contribution in [0.25, 0.3) is 36.5 Å². The standard InChI is InChI=1S/C32H21BrN2/c33-32-17-15-26(16-18-32)7-14-31-20-29(12-5-24-1-8-27(22-34)9-2-24)19-30(21-31)13-6-25-3-10-28(23-35)11-4-25/h1-21H/b12-5+,13-6+,14-7+. The van der Waals surface area contributed by atoms with E-state index in [0.717, 1.165) is 37.9 Å². The number of hydrogen-bond acceptors (Lipinski definition) is 2. The van der Waals surface area contributed by atoms with Crippen LogP contribution in [0.15, 0.2) is 95.5 Å². The van der Waals surface area contributed by atoms with Crippen molar-refractivity contribution in [3.05, 3.63) is 140 Å². The summed E-state index contributed by atoms with van der Waals surface area (Å²) in [4.78, 5) is 0. The highest BCUT2D eigenvalue weighted by atomic mass is 79.9. The summed E-state index contributed by atoms with van der Waals surface area (Å²) >= 11 is 3.48. The molecule has 0 saturated heterocycles. The van der Waals surface area contributed by atoms with Gasteiger partial charge in [-0.05, 0) is 88.0 Å². The zero-order valence-corrected chi connectivity index (χ0v) is 20.5. The molecule has 0 atom stereocenters. The Bertz CT molecular complexity index is 1390. The van der Waals surface area contributed by atoms with E-state index in [-0.39, 0.29) is 0 Å². The van der Waals surface area contributed by atoms with Crippen molar-refractivity contribution in [3.8, 4) is 12.1 Å². The molecule has 0 saturated carbocycles. The fourth-order valence-electron chi connectivity index (χ4n) is 3.48. The molecule has 0 aliphatic rings. The van der Waals surface area contributed by atoms with Gasteiger partial charge in [0.25, 0.3) is 0 Å². The van der Waals surface area contributed by atoms with Crippen molar-refractivity contribution in [1.82, 2.24) is 0 Å². The average Bonchev–Trinajstić information content (AvgIpc) is 2.91. The zero-order valence-electron chi connectivity index (χ0n) is 18.9. The Labute approximate surface area is 214 Å². The van der Waals surface area contributed by atoms with Gasteiger partial charge in [-0.25, -0.2) is 0 Å².